The van der Waals surface area contributed by atoms with E-state index in [0.29, 0.717) is 30.7 Å². The summed E-state index contributed by atoms with van der Waals surface area (Å²) < 4.78 is 7.48. The number of amides is 1. The van der Waals surface area contributed by atoms with Crippen LogP contribution in [-0.4, -0.2) is 45.5 Å². The van der Waals surface area contributed by atoms with Gasteiger partial charge >= 0.3 is 0 Å². The number of carbonyl (C=O) groups is 1. The first-order valence-corrected chi connectivity index (χ1v) is 15.1. The van der Waals surface area contributed by atoms with E-state index in [1.807, 2.05) is 19.2 Å². The summed E-state index contributed by atoms with van der Waals surface area (Å²) in [7, 11) is 1.69. The van der Waals surface area contributed by atoms with E-state index in [1.54, 1.807) is 7.11 Å². The molecule has 1 N–H and O–H groups in total. The topological polar surface area (TPSA) is 80.5 Å². The maximum Gasteiger partial charge on any atom is 0.230 e. The predicted molar refractivity (Wildman–Crippen MR) is 156 cm³/mol. The van der Waals surface area contributed by atoms with Gasteiger partial charge in [0.05, 0.1) is 31.1 Å². The van der Waals surface area contributed by atoms with E-state index in [2.05, 4.69) is 51.2 Å². The van der Waals surface area contributed by atoms with Crippen molar-refractivity contribution in [2.75, 3.05) is 18.6 Å². The molecule has 1 amide bonds. The molecule has 2 heterocycles. The van der Waals surface area contributed by atoms with Crippen molar-refractivity contribution in [2.24, 2.45) is 11.8 Å². The molecule has 212 valence electrons. The van der Waals surface area contributed by atoms with E-state index < -0.39 is 0 Å². The van der Waals surface area contributed by atoms with Crippen LogP contribution in [0.2, 0.25) is 0 Å². The quantitative estimate of drug-likeness (QED) is 0.354. The molecule has 3 aliphatic carbocycles. The summed E-state index contributed by atoms with van der Waals surface area (Å²) >= 11 is 0. The Bertz CT molecular complexity index is 1320. The average Bonchev–Trinajstić information content (AvgIpc) is 3.72. The lowest BCUT2D eigenvalue weighted by atomic mass is 9.79. The molecule has 3 aromatic rings. The molecule has 0 radical (unpaired) electrons. The fourth-order valence-corrected chi connectivity index (χ4v) is 6.65. The first kappa shape index (κ1) is 27.0. The lowest BCUT2D eigenvalue weighted by molar-refractivity contribution is -0.124. The van der Waals surface area contributed by atoms with Crippen LogP contribution in [0.4, 0.5) is 5.69 Å². The largest absolute Gasteiger partial charge is 0.495 e. The van der Waals surface area contributed by atoms with Crippen molar-refractivity contribution in [3.8, 4) is 16.9 Å². The molecular formula is C33H42N4O3. The number of pyridine rings is 1. The zero-order chi connectivity index (χ0) is 27.6. The highest BCUT2D eigenvalue weighted by Crippen LogP contribution is 2.39. The number of aromatic nitrogens is 3. The maximum atomic E-state index is 14.0. The van der Waals surface area contributed by atoms with Crippen LogP contribution in [-0.2, 0) is 4.79 Å². The van der Waals surface area contributed by atoms with Crippen molar-refractivity contribution in [1.29, 1.82) is 0 Å². The van der Waals surface area contributed by atoms with Crippen LogP contribution in [0.1, 0.15) is 87.6 Å². The number of aliphatic hydroxyl groups is 1. The van der Waals surface area contributed by atoms with Crippen molar-refractivity contribution < 1.29 is 14.6 Å². The van der Waals surface area contributed by atoms with Crippen molar-refractivity contribution >= 4 is 11.6 Å². The standard InChI is InChI=1S/C33H42N4O3/c1-22-32(40-2)17-16-31(35-22)24-8-6-23(7-9-24)20-36(33(39)25-10-14-30(38)15-11-25)29-5-3-4-26(18-29)27-19-34-37(21-27)28-12-13-28/h3-5,16-19,21,23-25,28,30,38H,6-15,20H2,1-2H3. The molecule has 0 saturated heterocycles. The molecule has 7 heteroatoms. The minimum absolute atomic E-state index is 0.0208. The third-order valence-electron chi connectivity index (χ3n) is 9.31. The lowest BCUT2D eigenvalue weighted by Gasteiger charge is -2.35. The monoisotopic (exact) mass is 542 g/mol. The first-order valence-electron chi connectivity index (χ1n) is 15.1. The average molecular weight is 543 g/mol. The fraction of sp³-hybridized carbons (Fsp3) is 0.545. The molecule has 3 saturated carbocycles. The van der Waals surface area contributed by atoms with Crippen molar-refractivity contribution in [3.63, 3.8) is 0 Å². The Kier molecular flexibility index (Phi) is 7.92. The van der Waals surface area contributed by atoms with E-state index >= 15 is 0 Å². The first-order chi connectivity index (χ1) is 19.5. The zero-order valence-corrected chi connectivity index (χ0v) is 23.8. The number of methoxy groups -OCH3 is 1. The molecule has 0 bridgehead atoms. The van der Waals surface area contributed by atoms with Crippen molar-refractivity contribution in [3.05, 3.63) is 60.2 Å². The van der Waals surface area contributed by atoms with Crippen LogP contribution >= 0.6 is 0 Å². The third-order valence-corrected chi connectivity index (χ3v) is 9.31. The van der Waals surface area contributed by atoms with Gasteiger partial charge < -0.3 is 14.7 Å². The highest BCUT2D eigenvalue weighted by Gasteiger charge is 2.33. The number of carbonyl (C=O) groups excluding carboxylic acids is 1. The maximum absolute atomic E-state index is 14.0. The Labute approximate surface area is 237 Å². The fourth-order valence-electron chi connectivity index (χ4n) is 6.65. The molecule has 2 aromatic heterocycles. The number of ether oxygens (including phenoxy) is 1. The molecule has 0 unspecified atom stereocenters. The van der Waals surface area contributed by atoms with Gasteiger partial charge in [-0.1, -0.05) is 12.1 Å². The Morgan fingerprint density at radius 2 is 1.77 bits per heavy atom. The highest BCUT2D eigenvalue weighted by atomic mass is 16.5. The molecule has 7 nitrogen and oxygen atoms in total. The smallest absolute Gasteiger partial charge is 0.230 e. The van der Waals surface area contributed by atoms with Gasteiger partial charge in [0.1, 0.15) is 5.75 Å². The number of benzene rings is 1. The Morgan fingerprint density at radius 1 is 1.00 bits per heavy atom. The summed E-state index contributed by atoms with van der Waals surface area (Å²) in [6, 6.07) is 13.1. The Hall–Kier alpha value is -3.19. The van der Waals surface area contributed by atoms with Gasteiger partial charge in [-0.15, -0.1) is 0 Å². The van der Waals surface area contributed by atoms with E-state index in [1.165, 1.54) is 12.8 Å². The van der Waals surface area contributed by atoms with Gasteiger partial charge in [0.15, 0.2) is 0 Å². The van der Waals surface area contributed by atoms with Gasteiger partial charge in [-0.3, -0.25) is 14.5 Å². The van der Waals surface area contributed by atoms with Gasteiger partial charge in [-0.05, 0) is 107 Å². The molecule has 3 fully saturated rings. The summed E-state index contributed by atoms with van der Waals surface area (Å²) in [4.78, 5) is 20.9. The summed E-state index contributed by atoms with van der Waals surface area (Å²) in [6.07, 6.45) is 13.5. The Balaban J connectivity index is 1.19. The number of aryl methyl sites for hydroxylation is 1. The second-order valence-corrected chi connectivity index (χ2v) is 12.2. The third kappa shape index (κ3) is 5.95. The normalized spacial score (nSPS) is 25.0. The van der Waals surface area contributed by atoms with E-state index in [0.717, 1.165) is 79.0 Å². The highest BCUT2D eigenvalue weighted by molar-refractivity contribution is 5.95. The molecule has 6 rings (SSSR count). The van der Waals surface area contributed by atoms with Gasteiger partial charge in [0, 0.05) is 41.5 Å². The summed E-state index contributed by atoms with van der Waals surface area (Å²) in [5, 5.41) is 14.6. The van der Waals surface area contributed by atoms with Gasteiger partial charge in [0.2, 0.25) is 5.91 Å². The number of hydrogen-bond donors (Lipinski definition) is 1. The molecule has 40 heavy (non-hydrogen) atoms. The molecule has 0 spiro atoms. The molecule has 0 atom stereocenters. The Morgan fingerprint density at radius 3 is 2.48 bits per heavy atom. The van der Waals surface area contributed by atoms with Gasteiger partial charge in [-0.25, -0.2) is 0 Å². The van der Waals surface area contributed by atoms with Crippen LogP contribution in [0.15, 0.2) is 48.8 Å². The number of hydrogen-bond acceptors (Lipinski definition) is 5. The van der Waals surface area contributed by atoms with E-state index in [4.69, 9.17) is 9.72 Å². The SMILES string of the molecule is COc1ccc(C2CCC(CN(C(=O)C3CCC(O)CC3)c3cccc(-c4cnn(C5CC5)c4)c3)CC2)nc1C. The van der Waals surface area contributed by atoms with Crippen LogP contribution < -0.4 is 9.64 Å². The second kappa shape index (κ2) is 11.7. The lowest BCUT2D eigenvalue weighted by Crippen LogP contribution is -2.41. The minimum Gasteiger partial charge on any atom is -0.495 e. The van der Waals surface area contributed by atoms with Crippen molar-refractivity contribution in [1.82, 2.24) is 14.8 Å². The number of rotatable bonds is 8. The molecule has 0 aliphatic heterocycles. The number of aliphatic hydroxyl groups excluding tert-OH is 1. The minimum atomic E-state index is -0.269. The summed E-state index contributed by atoms with van der Waals surface area (Å²) in [6.45, 7) is 2.75. The molecule has 1 aromatic carbocycles. The summed E-state index contributed by atoms with van der Waals surface area (Å²) in [5.74, 6) is 1.94. The zero-order valence-electron chi connectivity index (χ0n) is 23.8. The number of nitrogens with zero attached hydrogens (tertiary/aromatic N) is 4. The molecular weight excluding hydrogens is 500 g/mol. The van der Waals surface area contributed by atoms with Crippen LogP contribution in [0.3, 0.4) is 0 Å². The van der Waals surface area contributed by atoms with Crippen LogP contribution in [0.25, 0.3) is 11.1 Å². The summed E-state index contributed by atoms with van der Waals surface area (Å²) in [5.41, 5.74) is 5.28. The second-order valence-electron chi connectivity index (χ2n) is 12.2. The molecule has 3 aliphatic rings. The van der Waals surface area contributed by atoms with Crippen molar-refractivity contribution in [2.45, 2.75) is 89.2 Å². The van der Waals surface area contributed by atoms with Crippen LogP contribution in [0, 0.1) is 18.8 Å². The van der Waals surface area contributed by atoms with Gasteiger partial charge in [-0.2, -0.15) is 5.10 Å². The van der Waals surface area contributed by atoms with Gasteiger partial charge in [0.25, 0.3) is 0 Å². The van der Waals surface area contributed by atoms with E-state index in [-0.39, 0.29) is 17.9 Å². The van der Waals surface area contributed by atoms with E-state index in [9.17, 15) is 9.90 Å². The number of anilines is 1. The predicted octanol–water partition coefficient (Wildman–Crippen LogP) is 6.46. The van der Waals surface area contributed by atoms with Crippen LogP contribution in [0.5, 0.6) is 5.75 Å².